The molecule has 150 valence electrons. The first-order valence-electron chi connectivity index (χ1n) is 9.42. The van der Waals surface area contributed by atoms with E-state index in [9.17, 15) is 9.59 Å². The topological polar surface area (TPSA) is 67.9 Å². The normalized spacial score (nSPS) is 10.3. The summed E-state index contributed by atoms with van der Waals surface area (Å²) in [5.74, 6) is 1.07. The number of nitrogens with one attached hydrogen (secondary N) is 1. The van der Waals surface area contributed by atoms with E-state index in [4.69, 9.17) is 9.47 Å². The Balaban J connectivity index is 1.98. The molecule has 6 heteroatoms. The maximum Gasteiger partial charge on any atom is 0.253 e. The monoisotopic (exact) mass is 384 g/mol. The molecule has 0 saturated heterocycles. The predicted octanol–water partition coefficient (Wildman–Crippen LogP) is 3.16. The van der Waals surface area contributed by atoms with Gasteiger partial charge in [0.15, 0.2) is 11.5 Å². The molecule has 28 heavy (non-hydrogen) atoms. The smallest absolute Gasteiger partial charge is 0.253 e. The second kappa shape index (κ2) is 10.3. The highest BCUT2D eigenvalue weighted by Crippen LogP contribution is 2.27. The zero-order valence-electron chi connectivity index (χ0n) is 17.0. The molecular weight excluding hydrogens is 356 g/mol. The number of carbonyl (C=O) groups is 2. The number of methoxy groups -OCH3 is 2. The lowest BCUT2D eigenvalue weighted by Crippen LogP contribution is -2.31. The zero-order valence-corrected chi connectivity index (χ0v) is 17.0. The van der Waals surface area contributed by atoms with Crippen LogP contribution in [0.5, 0.6) is 11.5 Å². The minimum atomic E-state index is -0.199. The first-order valence-corrected chi connectivity index (χ1v) is 9.42. The van der Waals surface area contributed by atoms with E-state index in [0.29, 0.717) is 48.7 Å². The van der Waals surface area contributed by atoms with Crippen molar-refractivity contribution in [3.05, 3.63) is 59.2 Å². The number of amides is 2. The molecule has 0 bridgehead atoms. The summed E-state index contributed by atoms with van der Waals surface area (Å²) in [7, 11) is 3.19. The van der Waals surface area contributed by atoms with Crippen LogP contribution >= 0.6 is 0 Å². The molecule has 1 N–H and O–H groups in total. The molecule has 0 aliphatic carbocycles. The van der Waals surface area contributed by atoms with Crippen LogP contribution in [-0.4, -0.2) is 50.6 Å². The minimum Gasteiger partial charge on any atom is -0.493 e. The second-order valence-corrected chi connectivity index (χ2v) is 6.25. The van der Waals surface area contributed by atoms with Gasteiger partial charge in [0.25, 0.3) is 11.8 Å². The van der Waals surface area contributed by atoms with Gasteiger partial charge in [-0.1, -0.05) is 12.1 Å². The SMILES string of the molecule is CCN(CC)C(=O)c1cccc(C(=O)NCCc2ccc(OC)c(OC)c2)c1. The predicted molar refractivity (Wildman–Crippen MR) is 109 cm³/mol. The van der Waals surface area contributed by atoms with E-state index < -0.39 is 0 Å². The quantitative estimate of drug-likeness (QED) is 0.721. The van der Waals surface area contributed by atoms with E-state index in [2.05, 4.69) is 5.32 Å². The highest BCUT2D eigenvalue weighted by molar-refractivity contribution is 5.99. The van der Waals surface area contributed by atoms with Crippen LogP contribution in [-0.2, 0) is 6.42 Å². The summed E-state index contributed by atoms with van der Waals surface area (Å²) in [5, 5.41) is 2.90. The fourth-order valence-corrected chi connectivity index (χ4v) is 2.95. The molecule has 2 aromatic rings. The molecule has 0 radical (unpaired) electrons. The van der Waals surface area contributed by atoms with Crippen molar-refractivity contribution in [2.75, 3.05) is 33.9 Å². The van der Waals surface area contributed by atoms with E-state index in [0.717, 1.165) is 5.56 Å². The van der Waals surface area contributed by atoms with Gasteiger partial charge in [-0.2, -0.15) is 0 Å². The number of hydrogen-bond donors (Lipinski definition) is 1. The molecule has 0 fully saturated rings. The molecule has 2 amide bonds. The Morgan fingerprint density at radius 1 is 0.929 bits per heavy atom. The van der Waals surface area contributed by atoms with Crippen LogP contribution < -0.4 is 14.8 Å². The minimum absolute atomic E-state index is 0.0648. The van der Waals surface area contributed by atoms with Gasteiger partial charge < -0.3 is 19.7 Å². The molecule has 0 heterocycles. The standard InChI is InChI=1S/C22H28N2O4/c1-5-24(6-2)22(26)18-9-7-8-17(15-18)21(25)23-13-12-16-10-11-19(27-3)20(14-16)28-4/h7-11,14-15H,5-6,12-13H2,1-4H3,(H,23,25). The van der Waals surface area contributed by atoms with Gasteiger partial charge in [0.1, 0.15) is 0 Å². The third-order valence-corrected chi connectivity index (χ3v) is 4.57. The van der Waals surface area contributed by atoms with Gasteiger partial charge in [-0.25, -0.2) is 0 Å². The number of benzene rings is 2. The molecule has 0 saturated carbocycles. The van der Waals surface area contributed by atoms with E-state index >= 15 is 0 Å². The lowest BCUT2D eigenvalue weighted by molar-refractivity contribution is 0.0773. The van der Waals surface area contributed by atoms with E-state index in [1.165, 1.54) is 0 Å². The average Bonchev–Trinajstić information content (AvgIpc) is 2.74. The molecule has 0 unspecified atom stereocenters. The Morgan fingerprint density at radius 2 is 1.61 bits per heavy atom. The fourth-order valence-electron chi connectivity index (χ4n) is 2.95. The Bertz CT molecular complexity index is 816. The van der Waals surface area contributed by atoms with Crippen LogP contribution in [0.1, 0.15) is 40.1 Å². The van der Waals surface area contributed by atoms with Gasteiger partial charge in [-0.15, -0.1) is 0 Å². The molecule has 0 spiro atoms. The van der Waals surface area contributed by atoms with Gasteiger partial charge in [0.05, 0.1) is 14.2 Å². The zero-order chi connectivity index (χ0) is 20.5. The highest BCUT2D eigenvalue weighted by atomic mass is 16.5. The Hall–Kier alpha value is -3.02. The molecule has 0 atom stereocenters. The second-order valence-electron chi connectivity index (χ2n) is 6.25. The summed E-state index contributed by atoms with van der Waals surface area (Å²) >= 11 is 0. The van der Waals surface area contributed by atoms with Crippen molar-refractivity contribution in [1.29, 1.82) is 0 Å². The molecule has 2 rings (SSSR count). The van der Waals surface area contributed by atoms with Crippen molar-refractivity contribution in [2.45, 2.75) is 20.3 Å². The van der Waals surface area contributed by atoms with Gasteiger partial charge in [0, 0.05) is 30.8 Å². The third-order valence-electron chi connectivity index (χ3n) is 4.57. The maximum absolute atomic E-state index is 12.5. The summed E-state index contributed by atoms with van der Waals surface area (Å²) < 4.78 is 10.5. The van der Waals surface area contributed by atoms with Gasteiger partial charge in [-0.05, 0) is 56.2 Å². The molecular formula is C22H28N2O4. The number of hydrogen-bond acceptors (Lipinski definition) is 4. The fraction of sp³-hybridized carbons (Fsp3) is 0.364. The van der Waals surface area contributed by atoms with Crippen molar-refractivity contribution >= 4 is 11.8 Å². The highest BCUT2D eigenvalue weighted by Gasteiger charge is 2.14. The Kier molecular flexibility index (Phi) is 7.87. The van der Waals surface area contributed by atoms with Gasteiger partial charge >= 0.3 is 0 Å². The molecule has 0 aliphatic rings. The van der Waals surface area contributed by atoms with Crippen LogP contribution in [0.15, 0.2) is 42.5 Å². The summed E-state index contributed by atoms with van der Waals surface area (Å²) in [4.78, 5) is 26.7. The lowest BCUT2D eigenvalue weighted by Gasteiger charge is -2.18. The number of nitrogens with zero attached hydrogens (tertiary/aromatic N) is 1. The third kappa shape index (κ3) is 5.25. The number of ether oxygens (including phenoxy) is 2. The first kappa shape index (κ1) is 21.3. The Labute approximate surface area is 166 Å². The van der Waals surface area contributed by atoms with E-state index in [1.54, 1.807) is 43.4 Å². The van der Waals surface area contributed by atoms with E-state index in [-0.39, 0.29) is 11.8 Å². The van der Waals surface area contributed by atoms with Crippen LogP contribution in [0, 0.1) is 0 Å². The van der Waals surface area contributed by atoms with Crippen molar-refractivity contribution in [3.63, 3.8) is 0 Å². The summed E-state index contributed by atoms with van der Waals surface area (Å²) in [5.41, 5.74) is 2.03. The molecule has 6 nitrogen and oxygen atoms in total. The largest absolute Gasteiger partial charge is 0.493 e. The van der Waals surface area contributed by atoms with Crippen LogP contribution in [0.2, 0.25) is 0 Å². The van der Waals surface area contributed by atoms with Crippen LogP contribution in [0.3, 0.4) is 0 Å². The van der Waals surface area contributed by atoms with Crippen molar-refractivity contribution in [1.82, 2.24) is 10.2 Å². The van der Waals surface area contributed by atoms with Crippen LogP contribution in [0.25, 0.3) is 0 Å². The first-order chi connectivity index (χ1) is 13.5. The molecule has 0 aromatic heterocycles. The summed E-state index contributed by atoms with van der Waals surface area (Å²) in [6.45, 7) is 5.62. The van der Waals surface area contributed by atoms with Crippen molar-refractivity contribution < 1.29 is 19.1 Å². The summed E-state index contributed by atoms with van der Waals surface area (Å²) in [6, 6.07) is 12.5. The van der Waals surface area contributed by atoms with Gasteiger partial charge in [0.2, 0.25) is 0 Å². The van der Waals surface area contributed by atoms with Crippen LogP contribution in [0.4, 0.5) is 0 Å². The molecule has 2 aromatic carbocycles. The maximum atomic E-state index is 12.5. The molecule has 0 aliphatic heterocycles. The van der Waals surface area contributed by atoms with Crippen molar-refractivity contribution in [3.8, 4) is 11.5 Å². The average molecular weight is 384 g/mol. The van der Waals surface area contributed by atoms with E-state index in [1.807, 2.05) is 32.0 Å². The Morgan fingerprint density at radius 3 is 2.25 bits per heavy atom. The summed E-state index contributed by atoms with van der Waals surface area (Å²) in [6.07, 6.45) is 0.657. The number of carbonyl (C=O) groups excluding carboxylic acids is 2. The number of rotatable bonds is 9. The lowest BCUT2D eigenvalue weighted by atomic mass is 10.1. The van der Waals surface area contributed by atoms with Gasteiger partial charge in [-0.3, -0.25) is 9.59 Å². The van der Waals surface area contributed by atoms with Crippen molar-refractivity contribution in [2.24, 2.45) is 0 Å².